The van der Waals surface area contributed by atoms with Gasteiger partial charge in [0.05, 0.1) is 27.7 Å². The van der Waals surface area contributed by atoms with E-state index in [9.17, 15) is 19.0 Å². The Morgan fingerprint density at radius 1 is 0.593 bits per heavy atom. The van der Waals surface area contributed by atoms with Gasteiger partial charge in [-0.25, -0.2) is 0 Å². The minimum Gasteiger partial charge on any atom is -0.756 e. The maximum atomic E-state index is 12.7. The number of carbonyl (C=O) groups excluding carboxylic acids is 2. The van der Waals surface area contributed by atoms with Crippen molar-refractivity contribution in [3.05, 3.63) is 36.5 Å². The van der Waals surface area contributed by atoms with E-state index in [1.807, 2.05) is 21.1 Å². The molecule has 316 valence electrons. The van der Waals surface area contributed by atoms with Gasteiger partial charge in [0.15, 0.2) is 6.10 Å². The van der Waals surface area contributed by atoms with Crippen LogP contribution in [0.3, 0.4) is 0 Å². The van der Waals surface area contributed by atoms with Gasteiger partial charge in [0.2, 0.25) is 0 Å². The molecule has 1 unspecified atom stereocenters. The third-order valence-corrected chi connectivity index (χ3v) is 10.1. The largest absolute Gasteiger partial charge is 0.756 e. The van der Waals surface area contributed by atoms with Crippen LogP contribution in [0.15, 0.2) is 36.5 Å². The van der Waals surface area contributed by atoms with Crippen molar-refractivity contribution in [2.24, 2.45) is 0 Å². The van der Waals surface area contributed by atoms with E-state index in [-0.39, 0.29) is 32.0 Å². The smallest absolute Gasteiger partial charge is 0.306 e. The maximum absolute atomic E-state index is 12.7. The van der Waals surface area contributed by atoms with E-state index in [1.165, 1.54) is 77.0 Å². The molecule has 0 aliphatic heterocycles. The predicted molar refractivity (Wildman–Crippen MR) is 222 cm³/mol. The molecule has 0 radical (unpaired) electrons. The van der Waals surface area contributed by atoms with E-state index in [0.29, 0.717) is 17.4 Å². The summed E-state index contributed by atoms with van der Waals surface area (Å²) in [7, 11) is 1.15. The van der Waals surface area contributed by atoms with Crippen LogP contribution in [0.2, 0.25) is 0 Å². The van der Waals surface area contributed by atoms with Gasteiger partial charge in [0.25, 0.3) is 7.82 Å². The highest BCUT2D eigenvalue weighted by atomic mass is 31.2. The average molecular weight is 784 g/mol. The van der Waals surface area contributed by atoms with E-state index in [2.05, 4.69) is 50.3 Å². The van der Waals surface area contributed by atoms with Crippen molar-refractivity contribution >= 4 is 19.8 Å². The number of carbonyl (C=O) groups is 2. The maximum Gasteiger partial charge on any atom is 0.306 e. The quantitative estimate of drug-likeness (QED) is 0.0199. The average Bonchev–Trinajstić information content (AvgIpc) is 3.12. The fraction of sp³-hybridized carbons (Fsp3) is 0.818. The van der Waals surface area contributed by atoms with Gasteiger partial charge >= 0.3 is 11.9 Å². The number of rotatable bonds is 39. The lowest BCUT2D eigenvalue weighted by Crippen LogP contribution is -2.37. The topological polar surface area (TPSA) is 111 Å². The molecule has 0 aliphatic rings. The van der Waals surface area contributed by atoms with Crippen LogP contribution in [-0.4, -0.2) is 70.0 Å². The van der Waals surface area contributed by atoms with Crippen LogP contribution in [0.1, 0.15) is 181 Å². The third kappa shape index (κ3) is 39.9. The molecule has 0 saturated heterocycles. The minimum absolute atomic E-state index is 0.0339. The number of hydrogen-bond acceptors (Lipinski definition) is 8. The lowest BCUT2D eigenvalue weighted by molar-refractivity contribution is -0.870. The molecular formula is C44H82NO8P. The molecule has 0 saturated carbocycles. The number of nitrogens with zero attached hydrogens (tertiary/aromatic N) is 1. The number of likely N-dealkylation sites (N-methyl/N-ethyl adjacent to an activating group) is 1. The molecule has 0 aromatic carbocycles. The highest BCUT2D eigenvalue weighted by molar-refractivity contribution is 7.45. The molecule has 0 aromatic heterocycles. The highest BCUT2D eigenvalue weighted by Gasteiger charge is 2.21. The molecule has 0 rings (SSSR count). The number of phosphoric ester groups is 1. The normalized spacial score (nSPS) is 14.0. The second kappa shape index (κ2) is 36.8. The Labute approximate surface area is 331 Å². The first kappa shape index (κ1) is 52.2. The molecule has 0 bridgehead atoms. The second-order valence-corrected chi connectivity index (χ2v) is 17.1. The Morgan fingerprint density at radius 2 is 1.06 bits per heavy atom. The number of ether oxygens (including phenoxy) is 2. The lowest BCUT2D eigenvalue weighted by Gasteiger charge is -2.28. The van der Waals surface area contributed by atoms with Gasteiger partial charge in [-0.1, -0.05) is 159 Å². The molecule has 0 fully saturated rings. The number of allylic oxidation sites excluding steroid dienone is 6. The molecule has 0 spiro atoms. The summed E-state index contributed by atoms with van der Waals surface area (Å²) in [5.41, 5.74) is 0. The van der Waals surface area contributed by atoms with Gasteiger partial charge in [0, 0.05) is 12.8 Å². The number of phosphoric acid groups is 1. The molecule has 54 heavy (non-hydrogen) atoms. The van der Waals surface area contributed by atoms with Crippen LogP contribution in [0.4, 0.5) is 0 Å². The zero-order valence-corrected chi connectivity index (χ0v) is 36.3. The van der Waals surface area contributed by atoms with Crippen LogP contribution in [0.25, 0.3) is 0 Å². The zero-order valence-electron chi connectivity index (χ0n) is 35.4. The van der Waals surface area contributed by atoms with Crippen molar-refractivity contribution in [1.82, 2.24) is 0 Å². The number of esters is 2. The van der Waals surface area contributed by atoms with Crippen molar-refractivity contribution in [3.63, 3.8) is 0 Å². The van der Waals surface area contributed by atoms with E-state index >= 15 is 0 Å². The summed E-state index contributed by atoms with van der Waals surface area (Å²) in [5, 5.41) is 0. The van der Waals surface area contributed by atoms with E-state index in [1.54, 1.807) is 0 Å². The third-order valence-electron chi connectivity index (χ3n) is 9.17. The van der Waals surface area contributed by atoms with Gasteiger partial charge in [-0.3, -0.25) is 14.2 Å². The summed E-state index contributed by atoms with van der Waals surface area (Å²) >= 11 is 0. The fourth-order valence-corrected chi connectivity index (χ4v) is 6.51. The van der Waals surface area contributed by atoms with E-state index < -0.39 is 26.5 Å². The summed E-state index contributed by atoms with van der Waals surface area (Å²) in [6, 6.07) is 0. The molecular weight excluding hydrogens is 701 g/mol. The molecule has 0 amide bonds. The van der Waals surface area contributed by atoms with Crippen molar-refractivity contribution < 1.29 is 42.1 Å². The van der Waals surface area contributed by atoms with E-state index in [0.717, 1.165) is 70.6 Å². The Kier molecular flexibility index (Phi) is 35.6. The molecule has 9 nitrogen and oxygen atoms in total. The summed E-state index contributed by atoms with van der Waals surface area (Å²) in [6.07, 6.45) is 40.2. The summed E-state index contributed by atoms with van der Waals surface area (Å²) in [6.45, 7) is 4.10. The summed E-state index contributed by atoms with van der Waals surface area (Å²) < 4.78 is 33.9. The van der Waals surface area contributed by atoms with Crippen molar-refractivity contribution in [1.29, 1.82) is 0 Å². The standard InChI is InChI=1S/C44H82NO8P/c1-6-8-10-12-14-16-18-20-22-24-26-28-30-32-34-36-43(46)50-40-42(41-52-54(48,49)51-39-38-45(3,4)5)53-44(47)37-35-33-31-29-27-25-23-21-19-17-15-13-11-9-7-2/h9,11,15,17,21,23,42H,6-8,10,12-14,16,18-20,22,24-41H2,1-5H3/b11-9-,17-15-,23-21-/t42-/m1/s1. The highest BCUT2D eigenvalue weighted by Crippen LogP contribution is 2.38. The Bertz CT molecular complexity index is 1020. The van der Waals surface area contributed by atoms with Crippen molar-refractivity contribution in [2.75, 3.05) is 47.5 Å². The zero-order chi connectivity index (χ0) is 40.0. The monoisotopic (exact) mass is 784 g/mol. The predicted octanol–water partition coefficient (Wildman–Crippen LogP) is 11.5. The van der Waals surface area contributed by atoms with Crippen LogP contribution in [0, 0.1) is 0 Å². The van der Waals surface area contributed by atoms with Crippen LogP contribution < -0.4 is 4.89 Å². The van der Waals surface area contributed by atoms with Gasteiger partial charge in [-0.05, 0) is 44.9 Å². The molecule has 10 heteroatoms. The summed E-state index contributed by atoms with van der Waals surface area (Å²) in [5.74, 6) is -0.851. The molecule has 0 N–H and O–H groups in total. The first-order valence-corrected chi connectivity index (χ1v) is 23.2. The van der Waals surface area contributed by atoms with Crippen molar-refractivity contribution in [2.45, 2.75) is 187 Å². The number of hydrogen-bond donors (Lipinski definition) is 0. The van der Waals surface area contributed by atoms with Crippen molar-refractivity contribution in [3.8, 4) is 0 Å². The van der Waals surface area contributed by atoms with Gasteiger partial charge in [-0.15, -0.1) is 0 Å². The van der Waals surface area contributed by atoms with E-state index in [4.69, 9.17) is 18.5 Å². The molecule has 0 heterocycles. The van der Waals surface area contributed by atoms with Gasteiger partial charge < -0.3 is 27.9 Å². The number of quaternary nitrogens is 1. The second-order valence-electron chi connectivity index (χ2n) is 15.7. The van der Waals surface area contributed by atoms with Crippen LogP contribution in [0.5, 0.6) is 0 Å². The molecule has 0 aromatic rings. The van der Waals surface area contributed by atoms with Gasteiger partial charge in [0.1, 0.15) is 19.8 Å². The number of unbranched alkanes of at least 4 members (excludes halogenated alkanes) is 19. The molecule has 2 atom stereocenters. The SMILES string of the molecule is CC/C=C\C/C=C\C/C=C\CCCCCCCC(=O)O[C@H](COC(=O)CCCCCCCCCCCCCCCCC)COP(=O)([O-])OCC[N+](C)(C)C. The Balaban J connectivity index is 4.38. The Hall–Kier alpha value is -1.77. The first-order valence-electron chi connectivity index (χ1n) is 21.7. The van der Waals surface area contributed by atoms with Crippen LogP contribution >= 0.6 is 7.82 Å². The molecule has 0 aliphatic carbocycles. The lowest BCUT2D eigenvalue weighted by atomic mass is 10.0. The summed E-state index contributed by atoms with van der Waals surface area (Å²) in [4.78, 5) is 37.5. The Morgan fingerprint density at radius 3 is 1.57 bits per heavy atom. The minimum atomic E-state index is -4.63. The van der Waals surface area contributed by atoms with Crippen LogP contribution in [-0.2, 0) is 32.7 Å². The van der Waals surface area contributed by atoms with Gasteiger partial charge in [-0.2, -0.15) is 0 Å². The fourth-order valence-electron chi connectivity index (χ4n) is 5.79. The first-order chi connectivity index (χ1) is 26.0.